The number of hydrogen-bond acceptors (Lipinski definition) is 12. The van der Waals surface area contributed by atoms with Crippen LogP contribution in [0.1, 0.15) is 20.1 Å². The first-order valence-corrected chi connectivity index (χ1v) is 14.3. The first kappa shape index (κ1) is 30.8. The number of anilines is 2. The molecule has 0 radical (unpaired) electrons. The van der Waals surface area contributed by atoms with Crippen LogP contribution in [0.25, 0.3) is 11.2 Å². The maximum absolute atomic E-state index is 14.5. The number of alkyl halides is 3. The summed E-state index contributed by atoms with van der Waals surface area (Å²) in [4.78, 5) is 21.7. The molecule has 0 bridgehead atoms. The van der Waals surface area contributed by atoms with Gasteiger partial charge in [0.05, 0.1) is 19.5 Å². The van der Waals surface area contributed by atoms with Crippen molar-refractivity contribution in [1.29, 1.82) is 0 Å². The zero-order chi connectivity index (χ0) is 29.9. The van der Waals surface area contributed by atoms with Crippen LogP contribution < -0.4 is 20.7 Å². The van der Waals surface area contributed by atoms with Gasteiger partial charge in [-0.15, -0.1) is 11.6 Å². The van der Waals surface area contributed by atoms with Gasteiger partial charge in [0.25, 0.3) is 6.43 Å². The van der Waals surface area contributed by atoms with Gasteiger partial charge in [0.15, 0.2) is 28.1 Å². The molecule has 1 saturated heterocycles. The lowest BCUT2D eigenvalue weighted by molar-refractivity contribution is -0.144. The third-order valence-electron chi connectivity index (χ3n) is 6.12. The third kappa shape index (κ3) is 6.22. The highest BCUT2D eigenvalue weighted by Crippen LogP contribution is 2.51. The molecule has 1 aliphatic rings. The summed E-state index contributed by atoms with van der Waals surface area (Å²) in [6.07, 6.45) is -7.48. The van der Waals surface area contributed by atoms with Crippen LogP contribution in [-0.4, -0.2) is 80.4 Å². The van der Waals surface area contributed by atoms with E-state index < -0.39 is 56.1 Å². The number of aliphatic hydroxyl groups excluding tert-OH is 1. The summed E-state index contributed by atoms with van der Waals surface area (Å²) < 4.78 is 65.5. The van der Waals surface area contributed by atoms with Crippen molar-refractivity contribution in [3.05, 3.63) is 36.7 Å². The highest BCUT2D eigenvalue weighted by molar-refractivity contribution is 7.52. The SMILES string of the molecule is CCOC(=O)[C@@H](C)NP(=O)(OC[C@H]1O[C@@H](n2cnc3c(NC)nc(N)nc32)[C@@](Cl)(C(F)F)[C@@H]1O)Oc1ccccc1. The Bertz CT molecular complexity index is 1420. The Morgan fingerprint density at radius 2 is 2.05 bits per heavy atom. The van der Waals surface area contributed by atoms with E-state index in [0.29, 0.717) is 0 Å². The topological polar surface area (TPSA) is 185 Å². The quantitative estimate of drug-likeness (QED) is 0.132. The Morgan fingerprint density at radius 1 is 1.34 bits per heavy atom. The van der Waals surface area contributed by atoms with Gasteiger partial charge < -0.3 is 30.2 Å². The number of ether oxygens (including phenoxy) is 2. The molecule has 224 valence electrons. The minimum atomic E-state index is -4.39. The molecular weight excluding hydrogens is 591 g/mol. The molecule has 18 heteroatoms. The van der Waals surface area contributed by atoms with Crippen molar-refractivity contribution in [2.45, 2.75) is 49.6 Å². The van der Waals surface area contributed by atoms with E-state index in [4.69, 9.17) is 35.9 Å². The smallest absolute Gasteiger partial charge is 0.459 e. The fourth-order valence-corrected chi connectivity index (χ4v) is 5.94. The number of nitrogens with two attached hydrogens (primary N) is 1. The number of imidazole rings is 1. The molecule has 1 fully saturated rings. The highest BCUT2D eigenvalue weighted by Gasteiger charge is 2.62. The molecule has 2 aromatic heterocycles. The molecule has 4 rings (SSSR count). The summed E-state index contributed by atoms with van der Waals surface area (Å²) in [6.45, 7) is 2.30. The number of nitrogens with one attached hydrogen (secondary N) is 2. The van der Waals surface area contributed by atoms with E-state index in [1.165, 1.54) is 19.1 Å². The minimum Gasteiger partial charge on any atom is -0.465 e. The second-order valence-corrected chi connectivity index (χ2v) is 11.3. The fourth-order valence-electron chi connectivity index (χ4n) is 4.14. The van der Waals surface area contributed by atoms with Crippen molar-refractivity contribution >= 4 is 48.2 Å². The standard InChI is InChI=1S/C23H29ClF2N7O7P/c1-4-37-19(35)12(2)32-41(36,40-13-8-6-5-7-9-13)38-10-14-16(34)23(24,20(25)26)21(39-14)33-11-29-15-17(28-3)30-22(27)31-18(15)33/h5-9,11-12,14,16,20-21,34H,4,10H2,1-3H3,(H,32,36)(H3,27,28,30,31)/t12-,14-,16-,21-,23+,41?/m1/s1. The Balaban J connectivity index is 1.62. The summed E-state index contributed by atoms with van der Waals surface area (Å²) in [5, 5.41) is 16.2. The van der Waals surface area contributed by atoms with Crippen molar-refractivity contribution < 1.29 is 41.8 Å². The molecule has 0 aliphatic carbocycles. The largest absolute Gasteiger partial charge is 0.465 e. The van der Waals surface area contributed by atoms with Gasteiger partial charge in [-0.25, -0.2) is 18.3 Å². The van der Waals surface area contributed by atoms with Crippen LogP contribution in [0.15, 0.2) is 36.7 Å². The molecule has 41 heavy (non-hydrogen) atoms. The normalized spacial score (nSPS) is 24.7. The van der Waals surface area contributed by atoms with E-state index >= 15 is 0 Å². The third-order valence-corrected chi connectivity index (χ3v) is 8.34. The van der Waals surface area contributed by atoms with Crippen molar-refractivity contribution in [2.24, 2.45) is 0 Å². The average Bonchev–Trinajstić information content (AvgIpc) is 3.46. The predicted octanol–water partition coefficient (Wildman–Crippen LogP) is 2.70. The van der Waals surface area contributed by atoms with E-state index in [0.717, 1.165) is 10.9 Å². The van der Waals surface area contributed by atoms with E-state index in [9.17, 15) is 23.2 Å². The van der Waals surface area contributed by atoms with Crippen molar-refractivity contribution in [3.8, 4) is 5.75 Å². The number of halogens is 3. The van der Waals surface area contributed by atoms with Gasteiger partial charge >= 0.3 is 13.7 Å². The van der Waals surface area contributed by atoms with Gasteiger partial charge in [-0.05, 0) is 26.0 Å². The van der Waals surface area contributed by atoms with Gasteiger partial charge in [-0.1, -0.05) is 18.2 Å². The lowest BCUT2D eigenvalue weighted by Crippen LogP contribution is -2.48. The predicted molar refractivity (Wildman–Crippen MR) is 144 cm³/mol. The molecule has 3 aromatic rings. The zero-order valence-corrected chi connectivity index (χ0v) is 23.8. The molecule has 5 N–H and O–H groups in total. The summed E-state index contributed by atoms with van der Waals surface area (Å²) in [5.41, 5.74) is 5.96. The average molecular weight is 620 g/mol. The molecule has 14 nitrogen and oxygen atoms in total. The monoisotopic (exact) mass is 619 g/mol. The van der Waals surface area contributed by atoms with E-state index in [1.807, 2.05) is 0 Å². The number of para-hydroxylation sites is 1. The lowest BCUT2D eigenvalue weighted by Gasteiger charge is -2.29. The van der Waals surface area contributed by atoms with Gasteiger partial charge in [-0.3, -0.25) is 13.9 Å². The molecule has 0 spiro atoms. The van der Waals surface area contributed by atoms with Crippen LogP contribution in [0.5, 0.6) is 5.75 Å². The molecular formula is C23H29ClF2N7O7P. The Labute approximate surface area is 238 Å². The van der Waals surface area contributed by atoms with Crippen LogP contribution in [0.2, 0.25) is 0 Å². The number of nitrogen functional groups attached to an aromatic ring is 1. The van der Waals surface area contributed by atoms with E-state index in [-0.39, 0.29) is 35.3 Å². The Hall–Kier alpha value is -3.14. The summed E-state index contributed by atoms with van der Waals surface area (Å²) in [6, 6.07) is 6.74. The molecule has 0 saturated carbocycles. The van der Waals surface area contributed by atoms with Crippen LogP contribution >= 0.6 is 19.3 Å². The van der Waals surface area contributed by atoms with Crippen LogP contribution in [0.3, 0.4) is 0 Å². The van der Waals surface area contributed by atoms with Gasteiger partial charge in [0.2, 0.25) is 5.95 Å². The lowest BCUT2D eigenvalue weighted by atomic mass is 9.99. The zero-order valence-electron chi connectivity index (χ0n) is 22.1. The Morgan fingerprint density at radius 3 is 2.68 bits per heavy atom. The van der Waals surface area contributed by atoms with E-state index in [2.05, 4.69) is 25.4 Å². The van der Waals surface area contributed by atoms with Crippen molar-refractivity contribution in [1.82, 2.24) is 24.6 Å². The van der Waals surface area contributed by atoms with Crippen molar-refractivity contribution in [2.75, 3.05) is 31.3 Å². The number of benzene rings is 1. The number of aromatic nitrogens is 4. The molecule has 1 aromatic carbocycles. The first-order chi connectivity index (χ1) is 19.4. The number of carbonyl (C=O) groups is 1. The minimum absolute atomic E-state index is 0.00861. The number of nitrogens with zero attached hydrogens (tertiary/aromatic N) is 4. The summed E-state index contributed by atoms with van der Waals surface area (Å²) in [5.74, 6) is -0.577. The van der Waals surface area contributed by atoms with Gasteiger partial charge in [0, 0.05) is 7.05 Å². The van der Waals surface area contributed by atoms with Gasteiger partial charge in [0.1, 0.15) is 24.0 Å². The maximum atomic E-state index is 14.5. The van der Waals surface area contributed by atoms with Crippen LogP contribution in [0, 0.1) is 0 Å². The molecule has 1 unspecified atom stereocenters. The van der Waals surface area contributed by atoms with Crippen molar-refractivity contribution in [3.63, 3.8) is 0 Å². The summed E-state index contributed by atoms with van der Waals surface area (Å²) in [7, 11) is -2.84. The molecule has 6 atom stereocenters. The van der Waals surface area contributed by atoms with Gasteiger partial charge in [-0.2, -0.15) is 15.1 Å². The molecule has 1 aliphatic heterocycles. The summed E-state index contributed by atoms with van der Waals surface area (Å²) >= 11 is 6.37. The fraction of sp³-hybridized carbons (Fsp3) is 0.478. The van der Waals surface area contributed by atoms with Crippen LogP contribution in [0.4, 0.5) is 20.5 Å². The molecule has 3 heterocycles. The number of esters is 1. The number of carbonyl (C=O) groups excluding carboxylic acids is 1. The van der Waals surface area contributed by atoms with E-state index in [1.54, 1.807) is 32.2 Å². The Kier molecular flexibility index (Phi) is 9.31. The maximum Gasteiger partial charge on any atom is 0.459 e. The number of rotatable bonds is 12. The highest BCUT2D eigenvalue weighted by atomic mass is 35.5. The number of aliphatic hydroxyl groups is 1. The number of hydrogen-bond donors (Lipinski definition) is 4. The van der Waals surface area contributed by atoms with Crippen LogP contribution in [-0.2, 0) is 23.4 Å². The number of fused-ring (bicyclic) bond motifs is 1. The first-order valence-electron chi connectivity index (χ1n) is 12.4. The second kappa shape index (κ2) is 12.4. The second-order valence-electron chi connectivity index (χ2n) is 8.90. The molecule has 0 amide bonds.